The smallest absolute Gasteiger partial charge is 0.230 e. The molecule has 1 aromatic rings. The van der Waals surface area contributed by atoms with Gasteiger partial charge in [-0.1, -0.05) is 26.0 Å². The summed E-state index contributed by atoms with van der Waals surface area (Å²) in [6, 6.07) is 5.23. The van der Waals surface area contributed by atoms with Crippen LogP contribution in [0.5, 0.6) is 0 Å². The van der Waals surface area contributed by atoms with Crippen LogP contribution in [0.1, 0.15) is 58.9 Å². The lowest BCUT2D eigenvalue weighted by molar-refractivity contribution is -0.123. The molecule has 0 bridgehead atoms. The van der Waals surface area contributed by atoms with Crippen LogP contribution in [0.4, 0.5) is 10.1 Å². The molecule has 22 heavy (non-hydrogen) atoms. The van der Waals surface area contributed by atoms with Crippen molar-refractivity contribution in [2.45, 2.75) is 59.4 Å². The number of benzene rings is 1. The molecular weight excluding hydrogens is 277 g/mol. The van der Waals surface area contributed by atoms with Crippen LogP contribution in [-0.4, -0.2) is 11.9 Å². The van der Waals surface area contributed by atoms with Gasteiger partial charge in [-0.3, -0.25) is 4.79 Å². The standard InChI is InChI=1S/C19H27FNO/c1-5-15-7-6-8-17(18(15)20)21(13(2)3)19(22)16-11-9-14(4)10-12-16/h5-8,13-14,16H,9-12H2,1-4H3/t14-,16-. The molecule has 1 aliphatic carbocycles. The van der Waals surface area contributed by atoms with Crippen LogP contribution in [0, 0.1) is 24.1 Å². The zero-order chi connectivity index (χ0) is 16.3. The zero-order valence-electron chi connectivity index (χ0n) is 14.1. The second-order valence-corrected chi connectivity index (χ2v) is 6.73. The van der Waals surface area contributed by atoms with Crippen molar-refractivity contribution in [3.63, 3.8) is 0 Å². The number of carbonyl (C=O) groups is 1. The molecule has 1 amide bonds. The fourth-order valence-electron chi connectivity index (χ4n) is 3.30. The van der Waals surface area contributed by atoms with E-state index in [1.807, 2.05) is 26.8 Å². The van der Waals surface area contributed by atoms with Crippen LogP contribution in [0.15, 0.2) is 18.2 Å². The number of rotatable bonds is 4. The predicted octanol–water partition coefficient (Wildman–Crippen LogP) is 4.97. The van der Waals surface area contributed by atoms with Gasteiger partial charge in [-0.2, -0.15) is 0 Å². The average Bonchev–Trinajstić information content (AvgIpc) is 2.49. The van der Waals surface area contributed by atoms with Gasteiger partial charge in [0.25, 0.3) is 0 Å². The Labute approximate surface area is 133 Å². The maximum atomic E-state index is 14.6. The Balaban J connectivity index is 2.29. The van der Waals surface area contributed by atoms with Gasteiger partial charge in [0.2, 0.25) is 5.91 Å². The van der Waals surface area contributed by atoms with Crippen LogP contribution < -0.4 is 4.90 Å². The Kier molecular flexibility index (Phi) is 5.60. The Morgan fingerprint density at radius 3 is 2.45 bits per heavy atom. The van der Waals surface area contributed by atoms with E-state index in [1.54, 1.807) is 23.5 Å². The molecule has 0 N–H and O–H groups in total. The van der Waals surface area contributed by atoms with E-state index in [-0.39, 0.29) is 23.7 Å². The summed E-state index contributed by atoms with van der Waals surface area (Å²) >= 11 is 0. The third kappa shape index (κ3) is 3.50. The van der Waals surface area contributed by atoms with E-state index in [0.29, 0.717) is 17.2 Å². The van der Waals surface area contributed by atoms with Crippen LogP contribution >= 0.6 is 0 Å². The third-order valence-electron chi connectivity index (χ3n) is 4.70. The summed E-state index contributed by atoms with van der Waals surface area (Å²) in [6.07, 6.45) is 5.76. The van der Waals surface area contributed by atoms with E-state index < -0.39 is 0 Å². The second kappa shape index (κ2) is 7.26. The first-order valence-electron chi connectivity index (χ1n) is 8.36. The fraction of sp³-hybridized carbons (Fsp3) is 0.579. The van der Waals surface area contributed by atoms with E-state index in [4.69, 9.17) is 0 Å². The quantitative estimate of drug-likeness (QED) is 0.769. The van der Waals surface area contributed by atoms with Crippen LogP contribution in [0.25, 0.3) is 0 Å². The van der Waals surface area contributed by atoms with E-state index in [9.17, 15) is 9.18 Å². The molecule has 2 nitrogen and oxygen atoms in total. The molecule has 0 saturated heterocycles. The van der Waals surface area contributed by atoms with E-state index in [0.717, 1.165) is 25.7 Å². The van der Waals surface area contributed by atoms with Gasteiger partial charge in [-0.05, 0) is 63.5 Å². The molecule has 0 aliphatic heterocycles. The highest BCUT2D eigenvalue weighted by atomic mass is 19.1. The van der Waals surface area contributed by atoms with Gasteiger partial charge < -0.3 is 4.90 Å². The number of hydrogen-bond donors (Lipinski definition) is 0. The summed E-state index contributed by atoms with van der Waals surface area (Å²) in [4.78, 5) is 14.6. The fourth-order valence-corrected chi connectivity index (χ4v) is 3.30. The lowest BCUT2D eigenvalue weighted by Gasteiger charge is -2.34. The first-order chi connectivity index (χ1) is 10.5. The minimum atomic E-state index is -0.295. The number of anilines is 1. The Bertz CT molecular complexity index is 518. The molecule has 1 aromatic carbocycles. The molecule has 2 rings (SSSR count). The van der Waals surface area contributed by atoms with Crippen molar-refractivity contribution in [2.75, 3.05) is 4.90 Å². The molecule has 1 aliphatic rings. The van der Waals surface area contributed by atoms with Gasteiger partial charge >= 0.3 is 0 Å². The minimum Gasteiger partial charge on any atom is -0.307 e. The summed E-state index contributed by atoms with van der Waals surface area (Å²) in [5.41, 5.74) is 0.961. The highest BCUT2D eigenvalue weighted by Crippen LogP contribution is 2.33. The summed E-state index contributed by atoms with van der Waals surface area (Å²) in [7, 11) is 0. The van der Waals surface area contributed by atoms with Crippen molar-refractivity contribution in [2.24, 2.45) is 11.8 Å². The number of hydrogen-bond acceptors (Lipinski definition) is 1. The number of halogens is 1. The maximum absolute atomic E-state index is 14.6. The second-order valence-electron chi connectivity index (χ2n) is 6.73. The largest absolute Gasteiger partial charge is 0.307 e. The molecule has 1 saturated carbocycles. The topological polar surface area (TPSA) is 20.3 Å². The van der Waals surface area contributed by atoms with Gasteiger partial charge in [-0.15, -0.1) is 0 Å². The van der Waals surface area contributed by atoms with Crippen LogP contribution in [-0.2, 0) is 4.79 Å². The lowest BCUT2D eigenvalue weighted by atomic mass is 9.82. The highest BCUT2D eigenvalue weighted by molar-refractivity contribution is 5.95. The Morgan fingerprint density at radius 1 is 1.27 bits per heavy atom. The summed E-state index contributed by atoms with van der Waals surface area (Å²) in [6.45, 7) is 7.95. The van der Waals surface area contributed by atoms with E-state index >= 15 is 0 Å². The van der Waals surface area contributed by atoms with Crippen molar-refractivity contribution >= 4 is 11.6 Å². The van der Waals surface area contributed by atoms with Crippen LogP contribution in [0.2, 0.25) is 0 Å². The van der Waals surface area contributed by atoms with E-state index in [1.165, 1.54) is 0 Å². The summed E-state index contributed by atoms with van der Waals surface area (Å²) < 4.78 is 14.6. The van der Waals surface area contributed by atoms with Crippen molar-refractivity contribution in [1.29, 1.82) is 0 Å². The number of amides is 1. The maximum Gasteiger partial charge on any atom is 0.230 e. The molecule has 0 atom stereocenters. The van der Waals surface area contributed by atoms with Gasteiger partial charge in [0, 0.05) is 12.0 Å². The van der Waals surface area contributed by atoms with Gasteiger partial charge in [0.05, 0.1) is 5.69 Å². The lowest BCUT2D eigenvalue weighted by Crippen LogP contribution is -2.42. The Morgan fingerprint density at radius 2 is 1.91 bits per heavy atom. The van der Waals surface area contributed by atoms with Gasteiger partial charge in [0.1, 0.15) is 5.82 Å². The normalized spacial score (nSPS) is 21.9. The average molecular weight is 304 g/mol. The summed E-state index contributed by atoms with van der Waals surface area (Å²) in [5, 5.41) is 0. The molecule has 1 fully saturated rings. The molecule has 0 spiro atoms. The number of nitrogens with zero attached hydrogens (tertiary/aromatic N) is 1. The van der Waals surface area contributed by atoms with Crippen LogP contribution in [0.3, 0.4) is 0 Å². The monoisotopic (exact) mass is 304 g/mol. The minimum absolute atomic E-state index is 0.0345. The highest BCUT2D eigenvalue weighted by Gasteiger charge is 2.31. The van der Waals surface area contributed by atoms with Crippen molar-refractivity contribution in [1.82, 2.24) is 0 Å². The molecule has 0 aromatic heterocycles. The Hall–Kier alpha value is -1.38. The predicted molar refractivity (Wildman–Crippen MR) is 89.2 cm³/mol. The molecule has 0 heterocycles. The first kappa shape index (κ1) is 17.0. The number of carbonyl (C=O) groups excluding carboxylic acids is 1. The SMILES string of the molecule is C[CH]c1cccc(N(C(=O)[C@H]2CC[C@H](C)CC2)C(C)C)c1F. The third-order valence-corrected chi connectivity index (χ3v) is 4.70. The first-order valence-corrected chi connectivity index (χ1v) is 8.36. The summed E-state index contributed by atoms with van der Waals surface area (Å²) in [5.74, 6) is 0.517. The van der Waals surface area contributed by atoms with Crippen molar-refractivity contribution in [3.05, 3.63) is 36.0 Å². The van der Waals surface area contributed by atoms with Crippen molar-refractivity contribution < 1.29 is 9.18 Å². The van der Waals surface area contributed by atoms with Crippen molar-refractivity contribution in [3.8, 4) is 0 Å². The molecular formula is C19H27FNO. The molecule has 0 unspecified atom stereocenters. The zero-order valence-corrected chi connectivity index (χ0v) is 14.1. The van der Waals surface area contributed by atoms with Gasteiger partial charge in [-0.25, -0.2) is 4.39 Å². The molecule has 1 radical (unpaired) electrons. The molecule has 3 heteroatoms. The molecule has 121 valence electrons. The van der Waals surface area contributed by atoms with E-state index in [2.05, 4.69) is 6.92 Å². The van der Waals surface area contributed by atoms with Gasteiger partial charge in [0.15, 0.2) is 0 Å².